The van der Waals surface area contributed by atoms with Gasteiger partial charge in [0.05, 0.1) is 23.3 Å². The first-order valence-corrected chi connectivity index (χ1v) is 5.81. The smallest absolute Gasteiger partial charge is 0.0769 e. The third-order valence-electron chi connectivity index (χ3n) is 3.02. The Hall–Kier alpha value is -1.84. The SMILES string of the molecule is CCn1nc(C)c(-c2ncc(N)cc2C)c1C. The van der Waals surface area contributed by atoms with Crippen molar-refractivity contribution >= 4 is 5.69 Å². The van der Waals surface area contributed by atoms with E-state index in [0.717, 1.165) is 34.8 Å². The van der Waals surface area contributed by atoms with E-state index in [1.807, 2.05) is 24.6 Å². The predicted octanol–water partition coefficient (Wildman–Crippen LogP) is 2.47. The quantitative estimate of drug-likeness (QED) is 0.862. The highest BCUT2D eigenvalue weighted by Crippen LogP contribution is 2.28. The zero-order valence-corrected chi connectivity index (χ0v) is 10.8. The van der Waals surface area contributed by atoms with Crippen molar-refractivity contribution in [2.24, 2.45) is 0 Å². The second kappa shape index (κ2) is 4.20. The van der Waals surface area contributed by atoms with Gasteiger partial charge in [-0.05, 0) is 39.3 Å². The number of nitrogens with zero attached hydrogens (tertiary/aromatic N) is 3. The van der Waals surface area contributed by atoms with Gasteiger partial charge in [0.15, 0.2) is 0 Å². The van der Waals surface area contributed by atoms with Gasteiger partial charge in [-0.2, -0.15) is 5.10 Å². The fourth-order valence-corrected chi connectivity index (χ4v) is 2.21. The van der Waals surface area contributed by atoms with Crippen molar-refractivity contribution in [2.75, 3.05) is 5.73 Å². The summed E-state index contributed by atoms with van der Waals surface area (Å²) >= 11 is 0. The summed E-state index contributed by atoms with van der Waals surface area (Å²) in [4.78, 5) is 4.44. The van der Waals surface area contributed by atoms with Crippen LogP contribution in [0, 0.1) is 20.8 Å². The van der Waals surface area contributed by atoms with Gasteiger partial charge in [0.1, 0.15) is 0 Å². The topological polar surface area (TPSA) is 56.7 Å². The Morgan fingerprint density at radius 3 is 2.53 bits per heavy atom. The van der Waals surface area contributed by atoms with Gasteiger partial charge in [-0.1, -0.05) is 0 Å². The molecule has 4 heteroatoms. The van der Waals surface area contributed by atoms with Gasteiger partial charge in [0.25, 0.3) is 0 Å². The number of aromatic nitrogens is 3. The first kappa shape index (κ1) is 11.6. The first-order valence-electron chi connectivity index (χ1n) is 5.81. The molecule has 17 heavy (non-hydrogen) atoms. The van der Waals surface area contributed by atoms with Crippen LogP contribution in [0.1, 0.15) is 23.9 Å². The van der Waals surface area contributed by atoms with Gasteiger partial charge in [-0.15, -0.1) is 0 Å². The molecule has 2 N–H and O–H groups in total. The van der Waals surface area contributed by atoms with E-state index in [1.165, 1.54) is 0 Å². The number of aryl methyl sites for hydroxylation is 3. The van der Waals surface area contributed by atoms with E-state index < -0.39 is 0 Å². The van der Waals surface area contributed by atoms with Gasteiger partial charge >= 0.3 is 0 Å². The summed E-state index contributed by atoms with van der Waals surface area (Å²) < 4.78 is 2.00. The number of anilines is 1. The summed E-state index contributed by atoms with van der Waals surface area (Å²) in [6, 6.07) is 1.95. The van der Waals surface area contributed by atoms with Crippen LogP contribution in [0.3, 0.4) is 0 Å². The van der Waals surface area contributed by atoms with Crippen LogP contribution in [0.25, 0.3) is 11.3 Å². The van der Waals surface area contributed by atoms with E-state index in [2.05, 4.69) is 23.9 Å². The lowest BCUT2D eigenvalue weighted by Crippen LogP contribution is -1.99. The van der Waals surface area contributed by atoms with Gasteiger partial charge in [0.2, 0.25) is 0 Å². The second-order valence-corrected chi connectivity index (χ2v) is 4.30. The average Bonchev–Trinajstić information content (AvgIpc) is 2.55. The molecular formula is C13H18N4. The summed E-state index contributed by atoms with van der Waals surface area (Å²) in [7, 11) is 0. The van der Waals surface area contributed by atoms with E-state index in [1.54, 1.807) is 6.20 Å². The lowest BCUT2D eigenvalue weighted by molar-refractivity contribution is 0.634. The Kier molecular flexibility index (Phi) is 2.88. The van der Waals surface area contributed by atoms with Crippen molar-refractivity contribution in [3.8, 4) is 11.3 Å². The molecule has 0 aliphatic heterocycles. The third-order valence-corrected chi connectivity index (χ3v) is 3.02. The number of rotatable bonds is 2. The summed E-state index contributed by atoms with van der Waals surface area (Å²) in [5.74, 6) is 0. The van der Waals surface area contributed by atoms with Gasteiger partial charge in [0, 0.05) is 17.8 Å². The molecule has 0 aliphatic rings. The van der Waals surface area contributed by atoms with E-state index in [-0.39, 0.29) is 0 Å². The van der Waals surface area contributed by atoms with Crippen molar-refractivity contribution in [3.63, 3.8) is 0 Å². The number of nitrogens with two attached hydrogens (primary N) is 1. The summed E-state index contributed by atoms with van der Waals surface area (Å²) in [6.45, 7) is 9.09. The number of hydrogen-bond donors (Lipinski definition) is 1. The molecule has 0 atom stereocenters. The van der Waals surface area contributed by atoms with Crippen LogP contribution in [0.4, 0.5) is 5.69 Å². The minimum Gasteiger partial charge on any atom is -0.397 e. The van der Waals surface area contributed by atoms with Crippen molar-refractivity contribution in [3.05, 3.63) is 29.2 Å². The lowest BCUT2D eigenvalue weighted by Gasteiger charge is -2.06. The molecule has 0 saturated heterocycles. The number of nitrogen functional groups attached to an aromatic ring is 1. The maximum Gasteiger partial charge on any atom is 0.0769 e. The molecule has 90 valence electrons. The molecule has 4 nitrogen and oxygen atoms in total. The largest absolute Gasteiger partial charge is 0.397 e. The molecule has 0 radical (unpaired) electrons. The van der Waals surface area contributed by atoms with E-state index in [4.69, 9.17) is 5.73 Å². The van der Waals surface area contributed by atoms with Gasteiger partial charge in [-0.3, -0.25) is 9.67 Å². The zero-order chi connectivity index (χ0) is 12.6. The summed E-state index contributed by atoms with van der Waals surface area (Å²) in [5, 5.41) is 4.51. The molecular weight excluding hydrogens is 212 g/mol. The fourth-order valence-electron chi connectivity index (χ4n) is 2.21. The fraction of sp³-hybridized carbons (Fsp3) is 0.385. The normalized spacial score (nSPS) is 10.8. The Balaban J connectivity index is 2.64. The van der Waals surface area contributed by atoms with Crippen molar-refractivity contribution in [2.45, 2.75) is 34.2 Å². The monoisotopic (exact) mass is 230 g/mol. The highest BCUT2D eigenvalue weighted by atomic mass is 15.3. The minimum atomic E-state index is 0.699. The van der Waals surface area contributed by atoms with E-state index in [9.17, 15) is 0 Å². The van der Waals surface area contributed by atoms with E-state index in [0.29, 0.717) is 5.69 Å². The maximum atomic E-state index is 5.73. The lowest BCUT2D eigenvalue weighted by atomic mass is 10.0. The average molecular weight is 230 g/mol. The Morgan fingerprint density at radius 2 is 2.00 bits per heavy atom. The molecule has 0 fully saturated rings. The molecule has 2 heterocycles. The third kappa shape index (κ3) is 1.90. The van der Waals surface area contributed by atoms with Crippen LogP contribution < -0.4 is 5.73 Å². The molecule has 0 aromatic carbocycles. The molecule has 0 unspecified atom stereocenters. The second-order valence-electron chi connectivity index (χ2n) is 4.30. The molecule has 2 aromatic rings. The molecule has 2 rings (SSSR count). The molecule has 0 spiro atoms. The molecule has 2 aromatic heterocycles. The zero-order valence-electron chi connectivity index (χ0n) is 10.8. The van der Waals surface area contributed by atoms with Crippen molar-refractivity contribution in [1.29, 1.82) is 0 Å². The van der Waals surface area contributed by atoms with Crippen molar-refractivity contribution < 1.29 is 0 Å². The predicted molar refractivity (Wildman–Crippen MR) is 69.8 cm³/mol. The molecule has 0 amide bonds. The standard InChI is InChI=1S/C13H18N4/c1-5-17-10(4)12(9(3)16-17)13-8(2)6-11(14)7-15-13/h6-7H,5,14H2,1-4H3. The Labute approximate surface area is 101 Å². The van der Waals surface area contributed by atoms with Crippen LogP contribution in [-0.2, 0) is 6.54 Å². The van der Waals surface area contributed by atoms with Crippen LogP contribution >= 0.6 is 0 Å². The highest BCUT2D eigenvalue weighted by Gasteiger charge is 2.15. The van der Waals surface area contributed by atoms with Gasteiger partial charge < -0.3 is 5.73 Å². The Bertz CT molecular complexity index is 555. The summed E-state index contributed by atoms with van der Waals surface area (Å²) in [6.07, 6.45) is 1.70. The first-order chi connectivity index (χ1) is 8.04. The molecule has 0 saturated carbocycles. The van der Waals surface area contributed by atoms with Crippen LogP contribution in [0.15, 0.2) is 12.3 Å². The number of pyridine rings is 1. The molecule has 0 bridgehead atoms. The maximum absolute atomic E-state index is 5.73. The van der Waals surface area contributed by atoms with Crippen LogP contribution in [0.2, 0.25) is 0 Å². The van der Waals surface area contributed by atoms with Crippen LogP contribution in [-0.4, -0.2) is 14.8 Å². The number of hydrogen-bond acceptors (Lipinski definition) is 3. The van der Waals surface area contributed by atoms with Crippen LogP contribution in [0.5, 0.6) is 0 Å². The minimum absolute atomic E-state index is 0.699. The van der Waals surface area contributed by atoms with Gasteiger partial charge in [-0.25, -0.2) is 0 Å². The van der Waals surface area contributed by atoms with Crippen molar-refractivity contribution in [1.82, 2.24) is 14.8 Å². The molecule has 0 aliphatic carbocycles. The summed E-state index contributed by atoms with van der Waals surface area (Å²) in [5.41, 5.74) is 11.8. The highest BCUT2D eigenvalue weighted by molar-refractivity contribution is 5.69. The van der Waals surface area contributed by atoms with E-state index >= 15 is 0 Å². The Morgan fingerprint density at radius 1 is 1.29 bits per heavy atom.